The van der Waals surface area contributed by atoms with E-state index in [0.29, 0.717) is 10.9 Å². The third-order valence-electron chi connectivity index (χ3n) is 4.87. The summed E-state index contributed by atoms with van der Waals surface area (Å²) in [6.07, 6.45) is 2.07. The topological polar surface area (TPSA) is 149 Å². The van der Waals surface area contributed by atoms with Crippen LogP contribution >= 0.6 is 0 Å². The molecule has 0 saturated heterocycles. The summed E-state index contributed by atoms with van der Waals surface area (Å²) in [4.78, 5) is 36.8. The van der Waals surface area contributed by atoms with Gasteiger partial charge in [-0.1, -0.05) is 30.0 Å². The summed E-state index contributed by atoms with van der Waals surface area (Å²) < 4.78 is 32.4. The van der Waals surface area contributed by atoms with Gasteiger partial charge in [0.25, 0.3) is 5.56 Å². The first-order chi connectivity index (χ1) is 16.1. The van der Waals surface area contributed by atoms with Gasteiger partial charge in [0.05, 0.1) is 22.9 Å². The van der Waals surface area contributed by atoms with E-state index in [0.717, 1.165) is 15.2 Å². The number of fused-ring (bicyclic) bond motifs is 1. The first kappa shape index (κ1) is 24.6. The van der Waals surface area contributed by atoms with Crippen LogP contribution in [0.15, 0.2) is 66.0 Å². The largest absolute Gasteiger partial charge is 0.478 e. The number of carboxylic acids is 1. The molecule has 0 aliphatic rings. The first-order valence-electron chi connectivity index (χ1n) is 10.1. The maximum atomic E-state index is 12.9. The van der Waals surface area contributed by atoms with Gasteiger partial charge in [-0.3, -0.25) is 9.10 Å². The Morgan fingerprint density at radius 3 is 2.50 bits per heavy atom. The number of aryl methyl sites for hydroxylation is 1. The van der Waals surface area contributed by atoms with E-state index in [1.165, 1.54) is 30.3 Å². The van der Waals surface area contributed by atoms with Crippen LogP contribution in [0.2, 0.25) is 0 Å². The fourth-order valence-corrected chi connectivity index (χ4v) is 4.49. The Morgan fingerprint density at radius 1 is 1.21 bits per heavy atom. The first-order valence-corrected chi connectivity index (χ1v) is 11.9. The number of sulfonamides is 1. The van der Waals surface area contributed by atoms with Crippen molar-refractivity contribution in [3.05, 3.63) is 77.1 Å². The number of carbonyl (C=O) groups is 2. The van der Waals surface area contributed by atoms with Crippen LogP contribution in [0.3, 0.4) is 0 Å². The SMILES string of the molecule is C=CCOC(=O)C(CCn1nnc2ccccc2c1=O)N(c1ccc(C(=O)O)cc1)S(C)(=O)=O. The van der Waals surface area contributed by atoms with Crippen LogP contribution in [0, 0.1) is 0 Å². The number of hydrogen-bond acceptors (Lipinski definition) is 8. The fourth-order valence-electron chi connectivity index (χ4n) is 3.34. The standard InChI is InChI=1S/C22H22N4O7S/c1-3-14-33-22(30)19(12-13-25-20(27)17-6-4-5-7-18(17)23-24-25)26(34(2,31)32)16-10-8-15(9-11-16)21(28)29/h3-11,19H,1,12-14H2,2H3,(H,28,29). The summed E-state index contributed by atoms with van der Waals surface area (Å²) in [6, 6.07) is 10.2. The van der Waals surface area contributed by atoms with Gasteiger partial charge in [-0.15, -0.1) is 5.10 Å². The molecular weight excluding hydrogens is 464 g/mol. The molecule has 2 aromatic carbocycles. The van der Waals surface area contributed by atoms with E-state index < -0.39 is 33.6 Å². The van der Waals surface area contributed by atoms with Crippen molar-refractivity contribution in [1.29, 1.82) is 0 Å². The predicted octanol–water partition coefficient (Wildman–Crippen LogP) is 1.44. The molecule has 0 bridgehead atoms. The molecule has 0 amide bonds. The van der Waals surface area contributed by atoms with E-state index >= 15 is 0 Å². The normalized spacial score (nSPS) is 12.1. The number of ether oxygens (including phenoxy) is 1. The molecule has 1 atom stereocenters. The molecule has 1 N–H and O–H groups in total. The highest BCUT2D eigenvalue weighted by atomic mass is 32.2. The number of carbonyl (C=O) groups excluding carboxylic acids is 1. The van der Waals surface area contributed by atoms with Crippen LogP contribution in [-0.4, -0.2) is 59.4 Å². The van der Waals surface area contributed by atoms with Gasteiger partial charge < -0.3 is 9.84 Å². The second-order valence-electron chi connectivity index (χ2n) is 7.27. The molecule has 34 heavy (non-hydrogen) atoms. The van der Waals surface area contributed by atoms with Crippen LogP contribution < -0.4 is 9.86 Å². The summed E-state index contributed by atoms with van der Waals surface area (Å²) in [6.45, 7) is 3.19. The lowest BCUT2D eigenvalue weighted by Crippen LogP contribution is -2.46. The maximum Gasteiger partial charge on any atom is 0.335 e. The average molecular weight is 487 g/mol. The Hall–Kier alpha value is -4.06. The molecule has 0 spiro atoms. The summed E-state index contributed by atoms with van der Waals surface area (Å²) in [5, 5.41) is 17.3. The quantitative estimate of drug-likeness (QED) is 0.332. The Bertz CT molecular complexity index is 1380. The molecule has 0 aliphatic heterocycles. The van der Waals surface area contributed by atoms with Crippen LogP contribution in [0.25, 0.3) is 10.9 Å². The van der Waals surface area contributed by atoms with E-state index in [-0.39, 0.29) is 30.8 Å². The van der Waals surface area contributed by atoms with Gasteiger partial charge in [0, 0.05) is 6.54 Å². The van der Waals surface area contributed by atoms with Crippen molar-refractivity contribution in [2.45, 2.75) is 19.0 Å². The van der Waals surface area contributed by atoms with Crippen molar-refractivity contribution in [3.63, 3.8) is 0 Å². The second-order valence-corrected chi connectivity index (χ2v) is 9.13. The Balaban J connectivity index is 2.00. The number of hydrogen-bond donors (Lipinski definition) is 1. The summed E-state index contributed by atoms with van der Waals surface area (Å²) in [5.74, 6) is -2.05. The van der Waals surface area contributed by atoms with E-state index in [1.807, 2.05) is 0 Å². The summed E-state index contributed by atoms with van der Waals surface area (Å²) in [5.41, 5.74) is -0.0338. The second kappa shape index (κ2) is 10.3. The highest BCUT2D eigenvalue weighted by molar-refractivity contribution is 7.92. The van der Waals surface area contributed by atoms with Crippen molar-refractivity contribution in [3.8, 4) is 0 Å². The van der Waals surface area contributed by atoms with Crippen molar-refractivity contribution in [2.24, 2.45) is 0 Å². The van der Waals surface area contributed by atoms with Gasteiger partial charge in [0.15, 0.2) is 0 Å². The molecule has 0 aliphatic carbocycles. The summed E-state index contributed by atoms with van der Waals surface area (Å²) >= 11 is 0. The van der Waals surface area contributed by atoms with Crippen molar-refractivity contribution >= 4 is 38.6 Å². The maximum absolute atomic E-state index is 12.9. The number of rotatable bonds is 10. The number of nitrogens with zero attached hydrogens (tertiary/aromatic N) is 4. The molecule has 3 aromatic rings. The van der Waals surface area contributed by atoms with Gasteiger partial charge in [-0.25, -0.2) is 22.7 Å². The zero-order valence-corrected chi connectivity index (χ0v) is 19.0. The van der Waals surface area contributed by atoms with Crippen LogP contribution in [0.4, 0.5) is 5.69 Å². The molecule has 1 aromatic heterocycles. The molecule has 12 heteroatoms. The molecule has 11 nitrogen and oxygen atoms in total. The van der Waals surface area contributed by atoms with Gasteiger partial charge in [-0.2, -0.15) is 0 Å². The number of aromatic carboxylic acids is 1. The number of benzene rings is 2. The predicted molar refractivity (Wildman–Crippen MR) is 124 cm³/mol. The van der Waals surface area contributed by atoms with Crippen molar-refractivity contribution < 1.29 is 27.9 Å². The minimum atomic E-state index is -4.03. The minimum Gasteiger partial charge on any atom is -0.478 e. The van der Waals surface area contributed by atoms with E-state index in [4.69, 9.17) is 9.84 Å². The number of esters is 1. The Morgan fingerprint density at radius 2 is 1.88 bits per heavy atom. The van der Waals surface area contributed by atoms with Gasteiger partial charge in [0.1, 0.15) is 18.2 Å². The molecular formula is C22H22N4O7S. The van der Waals surface area contributed by atoms with Crippen LogP contribution in [-0.2, 0) is 26.1 Å². The Kier molecular flexibility index (Phi) is 7.41. The zero-order valence-electron chi connectivity index (χ0n) is 18.2. The highest BCUT2D eigenvalue weighted by Gasteiger charge is 2.34. The van der Waals surface area contributed by atoms with E-state index in [9.17, 15) is 22.8 Å². The molecule has 1 heterocycles. The molecule has 3 rings (SSSR count). The van der Waals surface area contributed by atoms with Crippen LogP contribution in [0.5, 0.6) is 0 Å². The molecule has 1 unspecified atom stereocenters. The average Bonchev–Trinajstić information content (AvgIpc) is 2.80. The lowest BCUT2D eigenvalue weighted by Gasteiger charge is -2.30. The number of anilines is 1. The fraction of sp³-hybridized carbons (Fsp3) is 0.227. The van der Waals surface area contributed by atoms with E-state index in [2.05, 4.69) is 16.9 Å². The lowest BCUT2D eigenvalue weighted by molar-refractivity contribution is -0.144. The minimum absolute atomic E-state index is 0.0547. The van der Waals surface area contributed by atoms with Crippen molar-refractivity contribution in [1.82, 2.24) is 15.0 Å². The van der Waals surface area contributed by atoms with Gasteiger partial charge in [0.2, 0.25) is 10.0 Å². The molecule has 178 valence electrons. The Labute approximate surface area is 194 Å². The number of aromatic nitrogens is 3. The number of carboxylic acid groups (broad SMARTS) is 1. The monoisotopic (exact) mass is 486 g/mol. The third-order valence-corrected chi connectivity index (χ3v) is 6.05. The molecule has 0 saturated carbocycles. The lowest BCUT2D eigenvalue weighted by atomic mass is 10.1. The summed E-state index contributed by atoms with van der Waals surface area (Å²) in [7, 11) is -4.03. The van der Waals surface area contributed by atoms with Gasteiger partial charge in [-0.05, 0) is 42.8 Å². The smallest absolute Gasteiger partial charge is 0.335 e. The third kappa shape index (κ3) is 5.46. The van der Waals surface area contributed by atoms with Crippen molar-refractivity contribution in [2.75, 3.05) is 17.2 Å². The van der Waals surface area contributed by atoms with Gasteiger partial charge >= 0.3 is 11.9 Å². The molecule has 0 radical (unpaired) electrons. The highest BCUT2D eigenvalue weighted by Crippen LogP contribution is 2.24. The zero-order chi connectivity index (χ0) is 24.9. The van der Waals surface area contributed by atoms with E-state index in [1.54, 1.807) is 24.3 Å². The molecule has 0 fully saturated rings. The van der Waals surface area contributed by atoms with Crippen LogP contribution in [0.1, 0.15) is 16.8 Å².